The zero-order chi connectivity index (χ0) is 24.1. The van der Waals surface area contributed by atoms with Crippen molar-refractivity contribution in [2.75, 3.05) is 18.0 Å². The number of carbonyl (C=O) groups excluding carboxylic acids is 2. The number of aromatic nitrogens is 2. The maximum Gasteiger partial charge on any atom is 0.410 e. The number of imidazole rings is 1. The molecule has 1 spiro atoms. The summed E-state index contributed by atoms with van der Waals surface area (Å²) in [6, 6.07) is 8.02. The van der Waals surface area contributed by atoms with Crippen LogP contribution in [0.4, 0.5) is 10.5 Å². The van der Waals surface area contributed by atoms with Crippen molar-refractivity contribution in [2.24, 2.45) is 0 Å². The molecule has 0 saturated carbocycles. The van der Waals surface area contributed by atoms with Gasteiger partial charge in [0.05, 0.1) is 12.2 Å². The smallest absolute Gasteiger partial charge is 0.410 e. The second-order valence-electron chi connectivity index (χ2n) is 11.0. The van der Waals surface area contributed by atoms with Crippen molar-refractivity contribution in [1.82, 2.24) is 14.5 Å². The summed E-state index contributed by atoms with van der Waals surface area (Å²) in [5.41, 5.74) is 3.29. The van der Waals surface area contributed by atoms with Gasteiger partial charge in [-0.05, 0) is 64.5 Å². The Hall–Kier alpha value is -2.83. The molecule has 0 unspecified atom stereocenters. The summed E-state index contributed by atoms with van der Waals surface area (Å²) < 4.78 is 7.92. The maximum absolute atomic E-state index is 13.9. The summed E-state index contributed by atoms with van der Waals surface area (Å²) in [6.07, 6.45) is 6.37. The lowest BCUT2D eigenvalue weighted by Crippen LogP contribution is -2.65. The van der Waals surface area contributed by atoms with Crippen LogP contribution < -0.4 is 4.90 Å². The Labute approximate surface area is 202 Å². The second-order valence-corrected chi connectivity index (χ2v) is 11.0. The van der Waals surface area contributed by atoms with E-state index in [1.165, 1.54) is 24.2 Å². The monoisotopic (exact) mass is 464 g/mol. The Morgan fingerprint density at radius 3 is 2.62 bits per heavy atom. The van der Waals surface area contributed by atoms with E-state index >= 15 is 0 Å². The molecule has 1 aromatic heterocycles. The van der Waals surface area contributed by atoms with Crippen molar-refractivity contribution in [3.8, 4) is 0 Å². The number of ether oxygens (including phenoxy) is 1. The number of hydrogen-bond acceptors (Lipinski definition) is 4. The molecule has 7 nitrogen and oxygen atoms in total. The van der Waals surface area contributed by atoms with Gasteiger partial charge in [0.2, 0.25) is 5.91 Å². The number of likely N-dealkylation sites (tertiary alicyclic amines) is 1. The number of rotatable bonds is 5. The fourth-order valence-corrected chi connectivity index (χ4v) is 5.62. The van der Waals surface area contributed by atoms with Gasteiger partial charge in [0.15, 0.2) is 0 Å². The molecule has 1 aliphatic carbocycles. The Bertz CT molecular complexity index is 1110. The number of nitrogens with zero attached hydrogens (tertiary/aromatic N) is 4. The molecule has 0 bridgehead atoms. The molecule has 5 rings (SSSR count). The zero-order valence-corrected chi connectivity index (χ0v) is 20.9. The van der Waals surface area contributed by atoms with Gasteiger partial charge in [-0.15, -0.1) is 0 Å². The number of anilines is 1. The minimum absolute atomic E-state index is 0.0662. The normalized spacial score (nSPS) is 18.6. The summed E-state index contributed by atoms with van der Waals surface area (Å²) in [5, 5.41) is 0. The molecule has 1 fully saturated rings. The van der Waals surface area contributed by atoms with Crippen LogP contribution in [0.3, 0.4) is 0 Å². The highest BCUT2D eigenvalue weighted by atomic mass is 16.6. The topological polar surface area (TPSA) is 67.7 Å². The van der Waals surface area contributed by atoms with Gasteiger partial charge in [-0.2, -0.15) is 0 Å². The highest BCUT2D eigenvalue weighted by Gasteiger charge is 2.59. The number of carbonyl (C=O) groups is 2. The van der Waals surface area contributed by atoms with Crippen molar-refractivity contribution in [1.29, 1.82) is 0 Å². The predicted molar refractivity (Wildman–Crippen MR) is 131 cm³/mol. The number of para-hydroxylation sites is 1. The fourth-order valence-electron chi connectivity index (χ4n) is 5.62. The first-order valence-electron chi connectivity index (χ1n) is 12.7. The third-order valence-electron chi connectivity index (χ3n) is 7.28. The highest BCUT2D eigenvalue weighted by molar-refractivity contribution is 6.09. The number of benzene rings is 1. The molecular weight excluding hydrogens is 428 g/mol. The zero-order valence-electron chi connectivity index (χ0n) is 20.9. The number of unbranched alkanes of at least 4 members (excludes halogenated alkanes) is 1. The van der Waals surface area contributed by atoms with Crippen LogP contribution in [-0.2, 0) is 40.9 Å². The largest absolute Gasteiger partial charge is 0.444 e. The Balaban J connectivity index is 1.42. The van der Waals surface area contributed by atoms with Gasteiger partial charge >= 0.3 is 6.09 Å². The molecule has 1 saturated heterocycles. The number of amides is 2. The molecule has 0 radical (unpaired) electrons. The first-order chi connectivity index (χ1) is 16.2. The van der Waals surface area contributed by atoms with Gasteiger partial charge in [0, 0.05) is 31.0 Å². The quantitative estimate of drug-likeness (QED) is 0.649. The lowest BCUT2D eigenvalue weighted by molar-refractivity contribution is -0.129. The van der Waals surface area contributed by atoms with Crippen molar-refractivity contribution in [3.05, 3.63) is 47.0 Å². The first kappa shape index (κ1) is 22.9. The lowest BCUT2D eigenvalue weighted by Gasteiger charge is -2.46. The molecule has 34 heavy (non-hydrogen) atoms. The standard InChI is InChI=1S/C27H36N4O3/c1-5-6-15-30-22-14-10-8-12-20(22)28-23(30)16-31-21-13-9-7-11-19(21)27(24(31)32)17-29(18-27)25(33)34-26(2,3)4/h7,9,11,13H,5-6,8,10,12,14-18H2,1-4H3. The van der Waals surface area contributed by atoms with Crippen LogP contribution in [0.15, 0.2) is 24.3 Å². The Morgan fingerprint density at radius 1 is 1.15 bits per heavy atom. The van der Waals surface area contributed by atoms with Crippen molar-refractivity contribution in [2.45, 2.75) is 90.3 Å². The third-order valence-corrected chi connectivity index (χ3v) is 7.28. The van der Waals surface area contributed by atoms with E-state index in [-0.39, 0.29) is 12.0 Å². The van der Waals surface area contributed by atoms with Gasteiger partial charge in [0.25, 0.3) is 0 Å². The van der Waals surface area contributed by atoms with Crippen molar-refractivity contribution in [3.63, 3.8) is 0 Å². The van der Waals surface area contributed by atoms with Crippen molar-refractivity contribution >= 4 is 17.7 Å². The fraction of sp³-hybridized carbons (Fsp3) is 0.593. The van der Waals surface area contributed by atoms with Crippen LogP contribution in [0.5, 0.6) is 0 Å². The lowest BCUT2D eigenvalue weighted by atomic mass is 9.75. The van der Waals surface area contributed by atoms with E-state index in [4.69, 9.17) is 9.72 Å². The summed E-state index contributed by atoms with van der Waals surface area (Å²) in [7, 11) is 0. The van der Waals surface area contributed by atoms with Crippen LogP contribution >= 0.6 is 0 Å². The maximum atomic E-state index is 13.9. The Kier molecular flexibility index (Phi) is 5.69. The second kappa shape index (κ2) is 8.43. The predicted octanol–water partition coefficient (Wildman–Crippen LogP) is 4.60. The van der Waals surface area contributed by atoms with E-state index in [2.05, 4.69) is 11.5 Å². The summed E-state index contributed by atoms with van der Waals surface area (Å²) in [6.45, 7) is 9.93. The number of aryl methyl sites for hydroxylation is 1. The van der Waals surface area contributed by atoms with E-state index in [1.54, 1.807) is 4.90 Å². The minimum Gasteiger partial charge on any atom is -0.444 e. The van der Waals surface area contributed by atoms with Crippen LogP contribution in [0.25, 0.3) is 0 Å². The molecule has 2 aliphatic heterocycles. The average molecular weight is 465 g/mol. The molecule has 2 amide bonds. The van der Waals surface area contributed by atoms with Gasteiger partial charge in [-0.1, -0.05) is 31.5 Å². The number of hydrogen-bond donors (Lipinski definition) is 0. The minimum atomic E-state index is -0.687. The number of fused-ring (bicyclic) bond motifs is 3. The molecule has 3 heterocycles. The van der Waals surface area contributed by atoms with Gasteiger partial charge in [-0.3, -0.25) is 4.79 Å². The molecule has 0 atom stereocenters. The van der Waals surface area contributed by atoms with Crippen molar-refractivity contribution < 1.29 is 14.3 Å². The molecule has 7 heteroatoms. The van der Waals surface area contributed by atoms with Gasteiger partial charge in [0.1, 0.15) is 16.8 Å². The van der Waals surface area contributed by atoms with E-state index in [0.29, 0.717) is 19.6 Å². The first-order valence-corrected chi connectivity index (χ1v) is 12.7. The molecule has 1 aromatic carbocycles. The molecule has 182 valence electrons. The average Bonchev–Trinajstić information content (AvgIpc) is 3.23. The summed E-state index contributed by atoms with van der Waals surface area (Å²) in [5.74, 6) is 1.06. The SMILES string of the molecule is CCCCn1c(CN2C(=O)C3(CN(C(=O)OC(C)(C)C)C3)c3ccccc32)nc2c1CCCC2. The van der Waals surface area contributed by atoms with Gasteiger partial charge in [-0.25, -0.2) is 9.78 Å². The summed E-state index contributed by atoms with van der Waals surface area (Å²) in [4.78, 5) is 35.1. The van der Waals surface area contributed by atoms with Crippen LogP contribution in [0, 0.1) is 0 Å². The van der Waals surface area contributed by atoms with E-state index < -0.39 is 11.0 Å². The molecule has 3 aliphatic rings. The molecule has 2 aromatic rings. The van der Waals surface area contributed by atoms with E-state index in [0.717, 1.165) is 49.3 Å². The van der Waals surface area contributed by atoms with Gasteiger partial charge < -0.3 is 19.1 Å². The molecular formula is C27H36N4O3. The summed E-state index contributed by atoms with van der Waals surface area (Å²) >= 11 is 0. The Morgan fingerprint density at radius 2 is 1.88 bits per heavy atom. The van der Waals surface area contributed by atoms with E-state index in [9.17, 15) is 9.59 Å². The van der Waals surface area contributed by atoms with Crippen LogP contribution in [-0.4, -0.2) is 45.1 Å². The van der Waals surface area contributed by atoms with Crippen LogP contribution in [0.1, 0.15) is 76.2 Å². The molecule has 0 N–H and O–H groups in total. The van der Waals surface area contributed by atoms with E-state index in [1.807, 2.05) is 49.9 Å². The highest BCUT2D eigenvalue weighted by Crippen LogP contribution is 2.48. The van der Waals surface area contributed by atoms with Crippen LogP contribution in [0.2, 0.25) is 0 Å². The third kappa shape index (κ3) is 3.79.